The summed E-state index contributed by atoms with van der Waals surface area (Å²) < 4.78 is 1.13. The van der Waals surface area contributed by atoms with E-state index in [4.69, 9.17) is 0 Å². The third-order valence-electron chi connectivity index (χ3n) is 2.87. The van der Waals surface area contributed by atoms with Crippen molar-refractivity contribution >= 4 is 21.6 Å². The van der Waals surface area contributed by atoms with E-state index < -0.39 is 0 Å². The summed E-state index contributed by atoms with van der Waals surface area (Å²) in [7, 11) is 4.17. The molecule has 0 amide bonds. The smallest absolute Gasteiger partial charge is 0.0364 e. The molecule has 2 nitrogen and oxygen atoms in total. The van der Waals surface area contributed by atoms with E-state index in [0.717, 1.165) is 17.6 Å². The quantitative estimate of drug-likeness (QED) is 0.864. The molecule has 1 N–H and O–H groups in total. The minimum Gasteiger partial charge on any atom is -0.374 e. The second kappa shape index (κ2) is 6.92. The highest BCUT2D eigenvalue weighted by atomic mass is 79.9. The zero-order valence-corrected chi connectivity index (χ0v) is 11.9. The molecule has 0 aromatic heterocycles. The van der Waals surface area contributed by atoms with E-state index in [2.05, 4.69) is 64.4 Å². The molecule has 1 unspecified atom stereocenters. The highest BCUT2D eigenvalue weighted by Crippen LogP contribution is 2.18. The van der Waals surface area contributed by atoms with Crippen LogP contribution in [0.5, 0.6) is 0 Å². The van der Waals surface area contributed by atoms with Crippen LogP contribution in [0.3, 0.4) is 0 Å². The molecule has 0 bridgehead atoms. The van der Waals surface area contributed by atoms with E-state index in [1.54, 1.807) is 0 Å². The molecule has 1 rings (SSSR count). The highest BCUT2D eigenvalue weighted by Gasteiger charge is 2.09. The Labute approximate surface area is 107 Å². The Morgan fingerprint density at radius 2 is 1.94 bits per heavy atom. The summed E-state index contributed by atoms with van der Waals surface area (Å²) in [6, 6.07) is 8.47. The zero-order chi connectivity index (χ0) is 12.0. The molecule has 0 aliphatic rings. The first-order valence-electron chi connectivity index (χ1n) is 5.78. The van der Waals surface area contributed by atoms with Crippen LogP contribution in [0.15, 0.2) is 28.7 Å². The molecule has 0 fully saturated rings. The lowest BCUT2D eigenvalue weighted by atomic mass is 10.1. The topological polar surface area (TPSA) is 15.3 Å². The SMILES string of the molecule is CCC(CNC)CN(C)c1ccc(Br)cc1. The maximum absolute atomic E-state index is 3.46. The van der Waals surface area contributed by atoms with Crippen LogP contribution in [-0.2, 0) is 0 Å². The lowest BCUT2D eigenvalue weighted by molar-refractivity contribution is 0.485. The number of benzene rings is 1. The van der Waals surface area contributed by atoms with Crippen molar-refractivity contribution in [3.63, 3.8) is 0 Å². The van der Waals surface area contributed by atoms with Crippen molar-refractivity contribution in [2.75, 3.05) is 32.1 Å². The van der Waals surface area contributed by atoms with Gasteiger partial charge in [-0.05, 0) is 43.8 Å². The summed E-state index contributed by atoms with van der Waals surface area (Å²) in [6.07, 6.45) is 1.21. The van der Waals surface area contributed by atoms with Crippen molar-refractivity contribution in [1.82, 2.24) is 5.32 Å². The van der Waals surface area contributed by atoms with Gasteiger partial charge in [0.15, 0.2) is 0 Å². The Hall–Kier alpha value is -0.540. The van der Waals surface area contributed by atoms with Gasteiger partial charge in [-0.15, -0.1) is 0 Å². The molecule has 0 radical (unpaired) electrons. The van der Waals surface area contributed by atoms with Crippen LogP contribution in [0.1, 0.15) is 13.3 Å². The summed E-state index contributed by atoms with van der Waals surface area (Å²) in [5.41, 5.74) is 1.28. The molecule has 90 valence electrons. The molecule has 0 spiro atoms. The molecule has 3 heteroatoms. The van der Waals surface area contributed by atoms with Gasteiger partial charge in [0, 0.05) is 23.8 Å². The van der Waals surface area contributed by atoms with Crippen molar-refractivity contribution in [3.05, 3.63) is 28.7 Å². The van der Waals surface area contributed by atoms with Crippen LogP contribution in [0, 0.1) is 5.92 Å². The number of nitrogens with zero attached hydrogens (tertiary/aromatic N) is 1. The van der Waals surface area contributed by atoms with Crippen molar-refractivity contribution < 1.29 is 0 Å². The van der Waals surface area contributed by atoms with Gasteiger partial charge in [0.05, 0.1) is 0 Å². The third-order valence-corrected chi connectivity index (χ3v) is 3.40. The summed E-state index contributed by atoms with van der Waals surface area (Å²) in [6.45, 7) is 4.42. The monoisotopic (exact) mass is 284 g/mol. The van der Waals surface area contributed by atoms with Gasteiger partial charge in [-0.1, -0.05) is 29.3 Å². The van der Waals surface area contributed by atoms with Gasteiger partial charge in [0.1, 0.15) is 0 Å². The predicted octanol–water partition coefficient (Wildman–Crippen LogP) is 3.13. The van der Waals surface area contributed by atoms with Gasteiger partial charge in [-0.3, -0.25) is 0 Å². The van der Waals surface area contributed by atoms with Gasteiger partial charge in [0.2, 0.25) is 0 Å². The second-order valence-electron chi connectivity index (χ2n) is 4.19. The number of rotatable bonds is 6. The fourth-order valence-corrected chi connectivity index (χ4v) is 2.08. The number of anilines is 1. The van der Waals surface area contributed by atoms with Crippen LogP contribution in [0.2, 0.25) is 0 Å². The van der Waals surface area contributed by atoms with Crippen LogP contribution in [-0.4, -0.2) is 27.2 Å². The zero-order valence-electron chi connectivity index (χ0n) is 10.3. The molecule has 0 heterocycles. The van der Waals surface area contributed by atoms with Gasteiger partial charge in [-0.2, -0.15) is 0 Å². The molecule has 0 aliphatic heterocycles. The Kier molecular flexibility index (Phi) is 5.85. The average molecular weight is 285 g/mol. The molecule has 16 heavy (non-hydrogen) atoms. The van der Waals surface area contributed by atoms with E-state index in [1.165, 1.54) is 12.1 Å². The molecule has 1 aromatic rings. The van der Waals surface area contributed by atoms with Crippen molar-refractivity contribution in [1.29, 1.82) is 0 Å². The van der Waals surface area contributed by atoms with Crippen molar-refractivity contribution in [3.8, 4) is 0 Å². The van der Waals surface area contributed by atoms with Gasteiger partial charge in [-0.25, -0.2) is 0 Å². The first-order chi connectivity index (χ1) is 7.67. The summed E-state index contributed by atoms with van der Waals surface area (Å²) in [5, 5.41) is 3.25. The van der Waals surface area contributed by atoms with E-state index in [9.17, 15) is 0 Å². The fourth-order valence-electron chi connectivity index (χ4n) is 1.81. The molecular formula is C13H21BrN2. The summed E-state index contributed by atoms with van der Waals surface area (Å²) >= 11 is 3.46. The maximum Gasteiger partial charge on any atom is 0.0364 e. The number of nitrogens with one attached hydrogen (secondary N) is 1. The van der Waals surface area contributed by atoms with E-state index in [-0.39, 0.29) is 0 Å². The molecule has 0 saturated carbocycles. The fraction of sp³-hybridized carbons (Fsp3) is 0.538. The minimum atomic E-state index is 0.707. The van der Waals surface area contributed by atoms with Crippen molar-refractivity contribution in [2.24, 2.45) is 5.92 Å². The lowest BCUT2D eigenvalue weighted by Crippen LogP contribution is -2.30. The van der Waals surface area contributed by atoms with Gasteiger partial charge >= 0.3 is 0 Å². The van der Waals surface area contributed by atoms with E-state index in [1.807, 2.05) is 7.05 Å². The van der Waals surface area contributed by atoms with Crippen LogP contribution in [0.25, 0.3) is 0 Å². The maximum atomic E-state index is 3.46. The largest absolute Gasteiger partial charge is 0.374 e. The normalized spacial score (nSPS) is 12.5. The lowest BCUT2D eigenvalue weighted by Gasteiger charge is -2.25. The molecule has 1 aromatic carbocycles. The summed E-state index contributed by atoms with van der Waals surface area (Å²) in [5.74, 6) is 0.707. The third kappa shape index (κ3) is 4.14. The van der Waals surface area contributed by atoms with E-state index >= 15 is 0 Å². The van der Waals surface area contributed by atoms with Gasteiger partial charge in [0.25, 0.3) is 0 Å². The molecule has 0 saturated heterocycles. The van der Waals surface area contributed by atoms with Crippen LogP contribution >= 0.6 is 15.9 Å². The first-order valence-corrected chi connectivity index (χ1v) is 6.58. The summed E-state index contributed by atoms with van der Waals surface area (Å²) in [4.78, 5) is 2.32. The standard InChI is InChI=1S/C13H21BrN2/c1-4-11(9-15-2)10-16(3)13-7-5-12(14)6-8-13/h5-8,11,15H,4,9-10H2,1-3H3. The number of hydrogen-bond donors (Lipinski definition) is 1. The number of hydrogen-bond acceptors (Lipinski definition) is 2. The molecule has 1 atom stereocenters. The predicted molar refractivity (Wildman–Crippen MR) is 75.1 cm³/mol. The Morgan fingerprint density at radius 3 is 2.44 bits per heavy atom. The van der Waals surface area contributed by atoms with E-state index in [0.29, 0.717) is 5.92 Å². The van der Waals surface area contributed by atoms with Crippen LogP contribution in [0.4, 0.5) is 5.69 Å². The average Bonchev–Trinajstić information content (AvgIpc) is 2.29. The Balaban J connectivity index is 2.56. The number of halogens is 1. The minimum absolute atomic E-state index is 0.707. The second-order valence-corrected chi connectivity index (χ2v) is 5.10. The van der Waals surface area contributed by atoms with Crippen LogP contribution < -0.4 is 10.2 Å². The van der Waals surface area contributed by atoms with Crippen molar-refractivity contribution in [2.45, 2.75) is 13.3 Å². The Morgan fingerprint density at radius 1 is 1.31 bits per heavy atom. The molecular weight excluding hydrogens is 264 g/mol. The Bertz CT molecular complexity index is 297. The highest BCUT2D eigenvalue weighted by molar-refractivity contribution is 9.10. The molecule has 0 aliphatic carbocycles. The van der Waals surface area contributed by atoms with Gasteiger partial charge < -0.3 is 10.2 Å². The first kappa shape index (κ1) is 13.5.